The molecule has 4 aromatic rings. The Morgan fingerprint density at radius 2 is 1.94 bits per heavy atom. The van der Waals surface area contributed by atoms with Crippen molar-refractivity contribution in [3.63, 3.8) is 0 Å². The zero-order chi connectivity index (χ0) is 23.9. The predicted octanol–water partition coefficient (Wildman–Crippen LogP) is 4.10. The fourth-order valence-electron chi connectivity index (χ4n) is 3.18. The van der Waals surface area contributed by atoms with Crippen molar-refractivity contribution < 1.29 is 14.3 Å². The van der Waals surface area contributed by atoms with E-state index in [-0.39, 0.29) is 5.91 Å². The van der Waals surface area contributed by atoms with Gasteiger partial charge in [0.15, 0.2) is 0 Å². The number of hydrogen-bond donors (Lipinski definition) is 3. The molecule has 4 N–H and O–H groups in total. The zero-order valence-corrected chi connectivity index (χ0v) is 19.2. The first-order valence-electron chi connectivity index (χ1n) is 10.5. The summed E-state index contributed by atoms with van der Waals surface area (Å²) in [7, 11) is 0. The Balaban J connectivity index is 1.47. The number of anilines is 3. The van der Waals surface area contributed by atoms with Crippen molar-refractivity contribution in [2.75, 3.05) is 24.2 Å². The minimum absolute atomic E-state index is 0.119. The fraction of sp³-hybridized carbons (Fsp3) is 0.167. The Bertz CT molecular complexity index is 1300. The number of carbonyl (C=O) groups is 1. The smallest absolute Gasteiger partial charge is 0.216 e. The largest absolute Gasteiger partial charge is 0.490 e. The third kappa shape index (κ3) is 5.81. The second kappa shape index (κ2) is 10.7. The molecule has 0 saturated carbocycles. The number of halogens is 1. The predicted molar refractivity (Wildman–Crippen MR) is 131 cm³/mol. The van der Waals surface area contributed by atoms with E-state index in [2.05, 4.69) is 25.6 Å². The van der Waals surface area contributed by atoms with Gasteiger partial charge >= 0.3 is 0 Å². The van der Waals surface area contributed by atoms with Gasteiger partial charge in [-0.1, -0.05) is 17.7 Å². The van der Waals surface area contributed by atoms with Crippen LogP contribution < -0.4 is 25.8 Å². The quantitative estimate of drug-likeness (QED) is 0.242. The molecular formula is C24H23ClN6O3. The maximum Gasteiger partial charge on any atom is 0.216 e. The van der Waals surface area contributed by atoms with Crippen LogP contribution in [0.1, 0.15) is 12.6 Å². The van der Waals surface area contributed by atoms with E-state index in [1.165, 1.54) is 13.3 Å². The molecule has 2 aromatic heterocycles. The van der Waals surface area contributed by atoms with Crippen molar-refractivity contribution in [1.82, 2.24) is 20.3 Å². The van der Waals surface area contributed by atoms with Crippen LogP contribution in [0.4, 0.5) is 17.2 Å². The van der Waals surface area contributed by atoms with Crippen molar-refractivity contribution in [2.45, 2.75) is 13.5 Å². The van der Waals surface area contributed by atoms with Crippen LogP contribution in [0.3, 0.4) is 0 Å². The maximum absolute atomic E-state index is 11.0. The Kier molecular flexibility index (Phi) is 7.24. The molecule has 0 aliphatic carbocycles. The van der Waals surface area contributed by atoms with E-state index >= 15 is 0 Å². The molecule has 0 saturated heterocycles. The molecule has 0 radical (unpaired) electrons. The number of fused-ring (bicyclic) bond motifs is 1. The summed E-state index contributed by atoms with van der Waals surface area (Å²) in [6, 6.07) is 14.5. The molecule has 2 heterocycles. The first kappa shape index (κ1) is 23.1. The molecule has 0 unspecified atom stereocenters. The van der Waals surface area contributed by atoms with Crippen LogP contribution in [-0.2, 0) is 11.4 Å². The summed E-state index contributed by atoms with van der Waals surface area (Å²) in [6.45, 7) is 2.44. The van der Waals surface area contributed by atoms with Gasteiger partial charge in [0.2, 0.25) is 5.91 Å². The van der Waals surface area contributed by atoms with E-state index in [1.807, 2.05) is 24.3 Å². The molecule has 1 amide bonds. The molecule has 174 valence electrons. The molecule has 0 aliphatic heterocycles. The van der Waals surface area contributed by atoms with Gasteiger partial charge in [-0.2, -0.15) is 0 Å². The fourth-order valence-corrected chi connectivity index (χ4v) is 3.42. The van der Waals surface area contributed by atoms with Crippen molar-refractivity contribution in [3.05, 3.63) is 71.8 Å². The third-order valence-corrected chi connectivity index (χ3v) is 5.09. The van der Waals surface area contributed by atoms with E-state index in [1.54, 1.807) is 30.5 Å². The molecule has 4 rings (SSSR count). The SMILES string of the molecule is CC(=O)NCCOc1cc2ncnc(Nc3ccc(OCc4ccccn4)c(Cl)c3)c2cc1N. The number of amides is 1. The highest BCUT2D eigenvalue weighted by molar-refractivity contribution is 6.32. The van der Waals surface area contributed by atoms with Gasteiger partial charge in [0.1, 0.15) is 36.9 Å². The lowest BCUT2D eigenvalue weighted by Gasteiger charge is -2.13. The van der Waals surface area contributed by atoms with Gasteiger partial charge in [0, 0.05) is 30.3 Å². The van der Waals surface area contributed by atoms with E-state index in [0.29, 0.717) is 53.3 Å². The average Bonchev–Trinajstić information content (AvgIpc) is 2.82. The molecular weight excluding hydrogens is 456 g/mol. The summed E-state index contributed by atoms with van der Waals surface area (Å²) in [5, 5.41) is 7.10. The Labute approximate surface area is 201 Å². The highest BCUT2D eigenvalue weighted by atomic mass is 35.5. The number of hydrogen-bond acceptors (Lipinski definition) is 8. The van der Waals surface area contributed by atoms with Gasteiger partial charge in [-0.3, -0.25) is 9.78 Å². The zero-order valence-electron chi connectivity index (χ0n) is 18.4. The molecule has 9 nitrogen and oxygen atoms in total. The lowest BCUT2D eigenvalue weighted by molar-refractivity contribution is -0.119. The van der Waals surface area contributed by atoms with Crippen LogP contribution >= 0.6 is 11.6 Å². The summed E-state index contributed by atoms with van der Waals surface area (Å²) in [5.41, 5.74) is 8.80. The van der Waals surface area contributed by atoms with Crippen LogP contribution in [0.25, 0.3) is 10.9 Å². The van der Waals surface area contributed by atoms with Gasteiger partial charge in [-0.15, -0.1) is 0 Å². The topological polar surface area (TPSA) is 124 Å². The maximum atomic E-state index is 11.0. The Morgan fingerprint density at radius 3 is 2.71 bits per heavy atom. The van der Waals surface area contributed by atoms with Gasteiger partial charge < -0.3 is 25.8 Å². The third-order valence-electron chi connectivity index (χ3n) is 4.80. The van der Waals surface area contributed by atoms with Gasteiger partial charge in [0.25, 0.3) is 0 Å². The number of carbonyl (C=O) groups excluding carboxylic acids is 1. The molecule has 0 fully saturated rings. The van der Waals surface area contributed by atoms with Crippen LogP contribution in [0.15, 0.2) is 61.1 Å². The number of nitrogens with one attached hydrogen (secondary N) is 2. The molecule has 2 aromatic carbocycles. The monoisotopic (exact) mass is 478 g/mol. The number of ether oxygens (including phenoxy) is 2. The van der Waals surface area contributed by atoms with Crippen molar-refractivity contribution in [3.8, 4) is 11.5 Å². The number of nitrogens with two attached hydrogens (primary N) is 1. The first-order chi connectivity index (χ1) is 16.5. The van der Waals surface area contributed by atoms with Gasteiger partial charge in [0.05, 0.1) is 28.5 Å². The first-order valence-corrected chi connectivity index (χ1v) is 10.9. The second-order valence-electron chi connectivity index (χ2n) is 7.34. The van der Waals surface area contributed by atoms with E-state index < -0.39 is 0 Å². The van der Waals surface area contributed by atoms with E-state index in [4.69, 9.17) is 26.8 Å². The number of nitrogens with zero attached hydrogens (tertiary/aromatic N) is 3. The van der Waals surface area contributed by atoms with Crippen molar-refractivity contribution in [1.29, 1.82) is 0 Å². The molecule has 10 heteroatoms. The Hall–Kier alpha value is -4.11. The Morgan fingerprint density at radius 1 is 1.06 bits per heavy atom. The van der Waals surface area contributed by atoms with E-state index in [9.17, 15) is 4.79 Å². The van der Waals surface area contributed by atoms with Crippen LogP contribution in [0.2, 0.25) is 5.02 Å². The highest BCUT2D eigenvalue weighted by Crippen LogP contribution is 2.33. The summed E-state index contributed by atoms with van der Waals surface area (Å²) >= 11 is 6.43. The normalized spacial score (nSPS) is 10.6. The molecule has 0 spiro atoms. The van der Waals surface area contributed by atoms with Crippen molar-refractivity contribution in [2.24, 2.45) is 0 Å². The molecule has 0 atom stereocenters. The number of aromatic nitrogens is 3. The summed E-state index contributed by atoms with van der Waals surface area (Å²) in [5.74, 6) is 1.49. The number of pyridine rings is 1. The summed E-state index contributed by atoms with van der Waals surface area (Å²) in [6.07, 6.45) is 3.17. The second-order valence-corrected chi connectivity index (χ2v) is 7.75. The van der Waals surface area contributed by atoms with Crippen LogP contribution in [0, 0.1) is 0 Å². The average molecular weight is 479 g/mol. The molecule has 0 aliphatic rings. The number of rotatable bonds is 9. The summed E-state index contributed by atoms with van der Waals surface area (Å²) < 4.78 is 11.5. The minimum atomic E-state index is -0.119. The molecule has 34 heavy (non-hydrogen) atoms. The van der Waals surface area contributed by atoms with Crippen molar-refractivity contribution >= 4 is 45.6 Å². The highest BCUT2D eigenvalue weighted by Gasteiger charge is 2.11. The lowest BCUT2D eigenvalue weighted by atomic mass is 10.2. The molecule has 0 bridgehead atoms. The van der Waals surface area contributed by atoms with Crippen LogP contribution in [0.5, 0.6) is 11.5 Å². The van der Waals surface area contributed by atoms with E-state index in [0.717, 1.165) is 16.8 Å². The minimum Gasteiger partial charge on any atom is -0.490 e. The summed E-state index contributed by atoms with van der Waals surface area (Å²) in [4.78, 5) is 23.9. The van der Waals surface area contributed by atoms with Crippen LogP contribution in [-0.4, -0.2) is 34.0 Å². The number of nitrogen functional groups attached to an aromatic ring is 1. The number of benzene rings is 2. The lowest BCUT2D eigenvalue weighted by Crippen LogP contribution is -2.25. The standard InChI is InChI=1S/C24H23ClN6O3/c1-15(32)27-8-9-33-23-12-21-18(11-20(23)26)24(30-14-29-21)31-16-5-6-22(19(25)10-16)34-13-17-4-2-3-7-28-17/h2-7,10-12,14H,8-9,13,26H2,1H3,(H,27,32)(H,29,30,31). The van der Waals surface area contributed by atoms with Gasteiger partial charge in [-0.05, 0) is 36.4 Å². The van der Waals surface area contributed by atoms with Gasteiger partial charge in [-0.25, -0.2) is 9.97 Å².